The van der Waals surface area contributed by atoms with Crippen molar-refractivity contribution in [3.63, 3.8) is 0 Å². The highest BCUT2D eigenvalue weighted by Gasteiger charge is 2.22. The van der Waals surface area contributed by atoms with Crippen molar-refractivity contribution in [2.45, 2.75) is 51.7 Å². The van der Waals surface area contributed by atoms with E-state index < -0.39 is 5.60 Å². The lowest BCUT2D eigenvalue weighted by atomic mass is 10.1. The summed E-state index contributed by atoms with van der Waals surface area (Å²) in [4.78, 5) is 27.5. The molecule has 2 amide bonds. The highest BCUT2D eigenvalue weighted by atomic mass is 32.2. The Morgan fingerprint density at radius 1 is 1.07 bits per heavy atom. The average molecular weight is 415 g/mol. The topological polar surface area (TPSA) is 58.6 Å². The van der Waals surface area contributed by atoms with Crippen LogP contribution in [-0.2, 0) is 16.1 Å². The van der Waals surface area contributed by atoms with E-state index in [-0.39, 0.29) is 12.0 Å². The van der Waals surface area contributed by atoms with Crippen LogP contribution >= 0.6 is 11.8 Å². The van der Waals surface area contributed by atoms with Gasteiger partial charge in [-0.25, -0.2) is 4.79 Å². The van der Waals surface area contributed by atoms with Gasteiger partial charge in [0.05, 0.1) is 12.3 Å². The number of carbonyl (C=O) groups is 2. The van der Waals surface area contributed by atoms with Gasteiger partial charge >= 0.3 is 6.09 Å². The first-order valence-corrected chi connectivity index (χ1v) is 10.7. The Morgan fingerprint density at radius 3 is 2.34 bits per heavy atom. The fourth-order valence-electron chi connectivity index (χ4n) is 2.59. The smallest absolute Gasteiger partial charge is 0.410 e. The van der Waals surface area contributed by atoms with Gasteiger partial charge in [0, 0.05) is 17.1 Å². The maximum Gasteiger partial charge on any atom is 0.410 e. The number of amides is 2. The van der Waals surface area contributed by atoms with Gasteiger partial charge in [-0.15, -0.1) is 11.8 Å². The number of nitrogens with zero attached hydrogens (tertiary/aromatic N) is 1. The molecule has 0 aliphatic rings. The molecule has 0 atom stereocenters. The monoisotopic (exact) mass is 414 g/mol. The van der Waals surface area contributed by atoms with Crippen LogP contribution < -0.4 is 5.32 Å². The summed E-state index contributed by atoms with van der Waals surface area (Å²) in [5.41, 5.74) is 2.22. The van der Waals surface area contributed by atoms with Gasteiger partial charge < -0.3 is 15.0 Å². The first-order chi connectivity index (χ1) is 13.7. The molecule has 5 nitrogen and oxygen atoms in total. The third kappa shape index (κ3) is 7.81. The number of aryl methyl sites for hydroxylation is 1. The van der Waals surface area contributed by atoms with Gasteiger partial charge in [0.2, 0.25) is 5.91 Å². The number of benzene rings is 2. The van der Waals surface area contributed by atoms with Gasteiger partial charge in [-0.1, -0.05) is 35.9 Å². The Kier molecular flexibility index (Phi) is 8.14. The summed E-state index contributed by atoms with van der Waals surface area (Å²) in [6, 6.07) is 15.6. The van der Waals surface area contributed by atoms with Gasteiger partial charge in [0.25, 0.3) is 0 Å². The average Bonchev–Trinajstić information content (AvgIpc) is 2.65. The normalized spacial score (nSPS) is 11.1. The molecule has 0 aliphatic carbocycles. The molecule has 2 aromatic carbocycles. The lowest BCUT2D eigenvalue weighted by Crippen LogP contribution is -2.36. The van der Waals surface area contributed by atoms with E-state index in [0.29, 0.717) is 24.5 Å². The van der Waals surface area contributed by atoms with Crippen molar-refractivity contribution in [2.75, 3.05) is 17.6 Å². The predicted molar refractivity (Wildman–Crippen MR) is 119 cm³/mol. The fraction of sp³-hybridized carbons (Fsp3) is 0.391. The molecule has 156 valence electrons. The minimum absolute atomic E-state index is 0.0802. The van der Waals surface area contributed by atoms with E-state index in [1.165, 1.54) is 17.3 Å². The zero-order valence-electron chi connectivity index (χ0n) is 17.8. The highest BCUT2D eigenvalue weighted by molar-refractivity contribution is 8.00. The zero-order chi connectivity index (χ0) is 21.4. The van der Waals surface area contributed by atoms with E-state index in [1.54, 1.807) is 4.90 Å². The second-order valence-corrected chi connectivity index (χ2v) is 8.85. The number of thioether (sulfide) groups is 1. The van der Waals surface area contributed by atoms with Gasteiger partial charge in [-0.3, -0.25) is 4.79 Å². The molecule has 2 aromatic rings. The largest absolute Gasteiger partial charge is 0.444 e. The Labute approximate surface area is 177 Å². The number of para-hydroxylation sites is 1. The van der Waals surface area contributed by atoms with Crippen LogP contribution in [0.5, 0.6) is 0 Å². The number of carbonyl (C=O) groups excluding carboxylic acids is 2. The summed E-state index contributed by atoms with van der Waals surface area (Å²) in [5.74, 6) is 0.240. The number of hydrogen-bond donors (Lipinski definition) is 1. The standard InChI is InChI=1S/C23H30N2O3S/c1-6-25(22(27)28-23(3,4)5)15-18-9-7-8-10-20(18)24-21(26)16-29-19-13-11-17(2)12-14-19/h7-14H,6,15-16H2,1-5H3,(H,24,26). The van der Waals surface area contributed by atoms with E-state index in [2.05, 4.69) is 5.32 Å². The molecule has 2 rings (SSSR count). The first-order valence-electron chi connectivity index (χ1n) is 9.73. The van der Waals surface area contributed by atoms with Crippen LogP contribution in [-0.4, -0.2) is 34.8 Å². The van der Waals surface area contributed by atoms with Gasteiger partial charge in [0.15, 0.2) is 0 Å². The van der Waals surface area contributed by atoms with Crippen LogP contribution in [0.2, 0.25) is 0 Å². The molecule has 0 aromatic heterocycles. The van der Waals surface area contributed by atoms with Crippen molar-refractivity contribution in [3.05, 3.63) is 59.7 Å². The van der Waals surface area contributed by atoms with E-state index >= 15 is 0 Å². The second kappa shape index (κ2) is 10.3. The summed E-state index contributed by atoms with van der Waals surface area (Å²) in [6.45, 7) is 10.4. The van der Waals surface area contributed by atoms with E-state index in [4.69, 9.17) is 4.74 Å². The Hall–Kier alpha value is -2.47. The molecule has 0 aliphatic heterocycles. The van der Waals surface area contributed by atoms with E-state index in [9.17, 15) is 9.59 Å². The van der Waals surface area contributed by atoms with Gasteiger partial charge in [0.1, 0.15) is 5.60 Å². The minimum Gasteiger partial charge on any atom is -0.444 e. The lowest BCUT2D eigenvalue weighted by molar-refractivity contribution is -0.113. The molecule has 0 radical (unpaired) electrons. The van der Waals surface area contributed by atoms with Crippen molar-refractivity contribution in [3.8, 4) is 0 Å². The van der Waals surface area contributed by atoms with Crippen LogP contribution in [0.3, 0.4) is 0 Å². The van der Waals surface area contributed by atoms with E-state index in [1.807, 2.05) is 83.1 Å². The van der Waals surface area contributed by atoms with Crippen molar-refractivity contribution in [1.82, 2.24) is 4.90 Å². The van der Waals surface area contributed by atoms with Crippen LogP contribution in [0.15, 0.2) is 53.4 Å². The number of rotatable bonds is 7. The number of ether oxygens (including phenoxy) is 1. The summed E-state index contributed by atoms with van der Waals surface area (Å²) in [5, 5.41) is 2.97. The third-order valence-electron chi connectivity index (χ3n) is 4.08. The molecule has 1 N–H and O–H groups in total. The van der Waals surface area contributed by atoms with Crippen LogP contribution in [0.25, 0.3) is 0 Å². The molecule has 29 heavy (non-hydrogen) atoms. The Morgan fingerprint density at radius 2 is 1.72 bits per heavy atom. The molecule has 0 bridgehead atoms. The van der Waals surface area contributed by atoms with Crippen LogP contribution in [0.4, 0.5) is 10.5 Å². The van der Waals surface area contributed by atoms with Crippen molar-refractivity contribution in [2.24, 2.45) is 0 Å². The molecule has 0 saturated carbocycles. The molecule has 0 unspecified atom stereocenters. The molecular formula is C23H30N2O3S. The van der Waals surface area contributed by atoms with Crippen LogP contribution in [0.1, 0.15) is 38.8 Å². The van der Waals surface area contributed by atoms with Crippen molar-refractivity contribution >= 4 is 29.4 Å². The van der Waals surface area contributed by atoms with Gasteiger partial charge in [-0.2, -0.15) is 0 Å². The third-order valence-corrected chi connectivity index (χ3v) is 5.09. The van der Waals surface area contributed by atoms with Crippen LogP contribution in [0, 0.1) is 6.92 Å². The number of nitrogens with one attached hydrogen (secondary N) is 1. The predicted octanol–water partition coefficient (Wildman–Crippen LogP) is 5.48. The first kappa shape index (κ1) is 22.8. The molecule has 0 saturated heterocycles. The summed E-state index contributed by atoms with van der Waals surface area (Å²) in [7, 11) is 0. The fourth-order valence-corrected chi connectivity index (χ4v) is 3.29. The molecule has 0 heterocycles. The van der Waals surface area contributed by atoms with E-state index in [0.717, 1.165) is 10.5 Å². The Balaban J connectivity index is 2.00. The maximum atomic E-state index is 12.4. The zero-order valence-corrected chi connectivity index (χ0v) is 18.6. The van der Waals surface area contributed by atoms with Crippen molar-refractivity contribution in [1.29, 1.82) is 0 Å². The highest BCUT2D eigenvalue weighted by Crippen LogP contribution is 2.21. The molecule has 0 spiro atoms. The van der Waals surface area contributed by atoms with Crippen molar-refractivity contribution < 1.29 is 14.3 Å². The molecular weight excluding hydrogens is 384 g/mol. The lowest BCUT2D eigenvalue weighted by Gasteiger charge is -2.27. The Bertz CT molecular complexity index is 829. The SMILES string of the molecule is CCN(Cc1ccccc1NC(=O)CSc1ccc(C)cc1)C(=O)OC(C)(C)C. The minimum atomic E-state index is -0.550. The maximum absolute atomic E-state index is 12.4. The van der Waals surface area contributed by atoms with Gasteiger partial charge in [-0.05, 0) is 58.4 Å². The number of anilines is 1. The second-order valence-electron chi connectivity index (χ2n) is 7.80. The summed E-state index contributed by atoms with van der Waals surface area (Å²) >= 11 is 1.50. The molecule has 0 fully saturated rings. The summed E-state index contributed by atoms with van der Waals surface area (Å²) in [6.07, 6.45) is -0.365. The summed E-state index contributed by atoms with van der Waals surface area (Å²) < 4.78 is 5.48. The quantitative estimate of drug-likeness (QED) is 0.609. The molecule has 6 heteroatoms. The number of hydrogen-bond acceptors (Lipinski definition) is 4.